The second-order valence-electron chi connectivity index (χ2n) is 3.98. The number of hydrogen-bond donors (Lipinski definition) is 3. The third-order valence-electron chi connectivity index (χ3n) is 2.66. The Bertz CT molecular complexity index is 587. The molecule has 94 valence electrons. The number of fused-ring (bicyclic) bond motifs is 1. The van der Waals surface area contributed by atoms with E-state index in [-0.39, 0.29) is 5.69 Å². The summed E-state index contributed by atoms with van der Waals surface area (Å²) in [6, 6.07) is 5.60. The average Bonchev–Trinajstić information content (AvgIpc) is 2.77. The smallest absolute Gasteiger partial charge is 0.357 e. The topological polar surface area (TPSA) is 78.0 Å². The zero-order chi connectivity index (χ0) is 13.0. The molecule has 5 nitrogen and oxygen atoms in total. The molecular weight excluding hydrogens is 230 g/mol. The van der Waals surface area contributed by atoms with Gasteiger partial charge in [-0.25, -0.2) is 4.79 Å². The van der Waals surface area contributed by atoms with E-state index in [4.69, 9.17) is 5.11 Å². The molecule has 18 heavy (non-hydrogen) atoms. The summed E-state index contributed by atoms with van der Waals surface area (Å²) in [5.41, 5.74) is 1.78. The zero-order valence-corrected chi connectivity index (χ0v) is 10.1. The predicted molar refractivity (Wildman–Crippen MR) is 70.6 cm³/mol. The number of nitrogens with zero attached hydrogens (tertiary/aromatic N) is 1. The summed E-state index contributed by atoms with van der Waals surface area (Å²) < 4.78 is 0. The maximum absolute atomic E-state index is 11.0. The quantitative estimate of drug-likeness (QED) is 0.703. The highest BCUT2D eigenvalue weighted by Crippen LogP contribution is 2.18. The van der Waals surface area contributed by atoms with Gasteiger partial charge in [0.25, 0.3) is 0 Å². The van der Waals surface area contributed by atoms with Gasteiger partial charge in [0.1, 0.15) is 0 Å². The van der Waals surface area contributed by atoms with E-state index < -0.39 is 5.97 Å². The molecule has 1 heterocycles. The number of rotatable bonds is 5. The van der Waals surface area contributed by atoms with Crippen LogP contribution >= 0.6 is 0 Å². The minimum absolute atomic E-state index is 0.0653. The van der Waals surface area contributed by atoms with Crippen molar-refractivity contribution in [2.24, 2.45) is 0 Å². The molecule has 0 amide bonds. The molecule has 0 saturated carbocycles. The number of nitrogens with one attached hydrogen (secondary N) is 2. The Morgan fingerprint density at radius 3 is 3.11 bits per heavy atom. The van der Waals surface area contributed by atoms with Gasteiger partial charge < -0.3 is 10.4 Å². The van der Waals surface area contributed by atoms with Crippen LogP contribution in [0.3, 0.4) is 0 Å². The number of hydrogen-bond acceptors (Lipinski definition) is 3. The molecule has 3 N–H and O–H groups in total. The molecule has 0 radical (unpaired) electrons. The highest BCUT2D eigenvalue weighted by molar-refractivity contribution is 6.01. The van der Waals surface area contributed by atoms with Gasteiger partial charge in [-0.3, -0.25) is 5.10 Å². The van der Waals surface area contributed by atoms with Crippen LogP contribution in [0.2, 0.25) is 0 Å². The number of aromatic amines is 1. The fraction of sp³-hybridized carbons (Fsp3) is 0.231. The van der Waals surface area contributed by atoms with Gasteiger partial charge >= 0.3 is 5.97 Å². The van der Waals surface area contributed by atoms with E-state index in [2.05, 4.69) is 21.6 Å². The van der Waals surface area contributed by atoms with Crippen molar-refractivity contribution in [2.75, 3.05) is 13.6 Å². The highest BCUT2D eigenvalue weighted by Gasteiger charge is 2.12. The Kier molecular flexibility index (Phi) is 3.74. The molecule has 0 aliphatic heterocycles. The first-order valence-electron chi connectivity index (χ1n) is 5.75. The lowest BCUT2D eigenvalue weighted by molar-refractivity contribution is 0.0692. The molecule has 0 atom stereocenters. The maximum Gasteiger partial charge on any atom is 0.357 e. The average molecular weight is 245 g/mol. The lowest BCUT2D eigenvalue weighted by Crippen LogP contribution is -2.05. The summed E-state index contributed by atoms with van der Waals surface area (Å²) in [4.78, 5) is 11.0. The van der Waals surface area contributed by atoms with Gasteiger partial charge in [-0.2, -0.15) is 5.10 Å². The van der Waals surface area contributed by atoms with Crippen LogP contribution in [0.5, 0.6) is 0 Å². The molecule has 0 aliphatic rings. The normalized spacial score (nSPS) is 11.4. The minimum atomic E-state index is -1.02. The number of H-pyrrole nitrogens is 1. The SMILES string of the molecule is CNCCC=Cc1ccc2[nH]nc(C(=O)O)c2c1. The Labute approximate surface area is 105 Å². The van der Waals surface area contributed by atoms with Crippen LogP contribution in [-0.4, -0.2) is 34.9 Å². The molecule has 0 unspecified atom stereocenters. The first kappa shape index (κ1) is 12.3. The Morgan fingerprint density at radius 2 is 2.39 bits per heavy atom. The van der Waals surface area contributed by atoms with Crippen molar-refractivity contribution in [3.05, 3.63) is 35.5 Å². The second-order valence-corrected chi connectivity index (χ2v) is 3.98. The lowest BCUT2D eigenvalue weighted by atomic mass is 10.1. The summed E-state index contributed by atoms with van der Waals surface area (Å²) >= 11 is 0. The van der Waals surface area contributed by atoms with Crippen molar-refractivity contribution >= 4 is 22.9 Å². The fourth-order valence-electron chi connectivity index (χ4n) is 1.75. The molecule has 5 heteroatoms. The van der Waals surface area contributed by atoms with Gasteiger partial charge in [0.15, 0.2) is 5.69 Å². The number of carboxylic acids is 1. The van der Waals surface area contributed by atoms with Crippen molar-refractivity contribution < 1.29 is 9.90 Å². The summed E-state index contributed by atoms with van der Waals surface area (Å²) in [6.07, 6.45) is 4.97. The van der Waals surface area contributed by atoms with Crippen LogP contribution < -0.4 is 5.32 Å². The molecule has 1 aromatic heterocycles. The Balaban J connectivity index is 2.28. The largest absolute Gasteiger partial charge is 0.476 e. The summed E-state index contributed by atoms with van der Waals surface area (Å²) in [5, 5.41) is 19.2. The van der Waals surface area contributed by atoms with Gasteiger partial charge in [-0.15, -0.1) is 0 Å². The third-order valence-corrected chi connectivity index (χ3v) is 2.66. The zero-order valence-electron chi connectivity index (χ0n) is 10.1. The van der Waals surface area contributed by atoms with Crippen LogP contribution in [0, 0.1) is 0 Å². The predicted octanol–water partition coefficient (Wildman–Crippen LogP) is 1.88. The van der Waals surface area contributed by atoms with Gasteiger partial charge in [0, 0.05) is 5.39 Å². The molecule has 2 aromatic rings. The molecule has 2 rings (SSSR count). The summed E-state index contributed by atoms with van der Waals surface area (Å²) in [7, 11) is 1.91. The number of carboxylic acid groups (broad SMARTS) is 1. The van der Waals surface area contributed by atoms with Crippen molar-refractivity contribution in [2.45, 2.75) is 6.42 Å². The van der Waals surface area contributed by atoms with Crippen molar-refractivity contribution in [1.82, 2.24) is 15.5 Å². The van der Waals surface area contributed by atoms with Gasteiger partial charge in [0.2, 0.25) is 0 Å². The van der Waals surface area contributed by atoms with E-state index in [0.29, 0.717) is 5.39 Å². The second kappa shape index (κ2) is 5.46. The molecule has 0 fully saturated rings. The van der Waals surface area contributed by atoms with Crippen molar-refractivity contribution in [3.63, 3.8) is 0 Å². The van der Waals surface area contributed by atoms with E-state index >= 15 is 0 Å². The van der Waals surface area contributed by atoms with Crippen LogP contribution in [0.4, 0.5) is 0 Å². The fourth-order valence-corrected chi connectivity index (χ4v) is 1.75. The minimum Gasteiger partial charge on any atom is -0.476 e. The third kappa shape index (κ3) is 2.57. The summed E-state index contributed by atoms with van der Waals surface area (Å²) in [6.45, 7) is 0.921. The van der Waals surface area contributed by atoms with Crippen LogP contribution in [0.25, 0.3) is 17.0 Å². The Morgan fingerprint density at radius 1 is 1.56 bits per heavy atom. The molecule has 1 aromatic carbocycles. The number of aromatic carboxylic acids is 1. The van der Waals surface area contributed by atoms with Crippen molar-refractivity contribution in [1.29, 1.82) is 0 Å². The Hall–Kier alpha value is -2.14. The van der Waals surface area contributed by atoms with Crippen LogP contribution in [-0.2, 0) is 0 Å². The summed E-state index contributed by atoms with van der Waals surface area (Å²) in [5.74, 6) is -1.02. The molecule has 0 bridgehead atoms. The van der Waals surface area contributed by atoms with Gasteiger partial charge in [-0.05, 0) is 37.7 Å². The van der Waals surface area contributed by atoms with Crippen molar-refractivity contribution in [3.8, 4) is 0 Å². The van der Waals surface area contributed by atoms with Gasteiger partial charge in [0.05, 0.1) is 5.52 Å². The standard InChI is InChI=1S/C13H15N3O2/c1-14-7-3-2-4-9-5-6-11-10(8-9)12(13(17)18)16-15-11/h2,4-6,8,14H,3,7H2,1H3,(H,15,16)(H,17,18). The molecule has 0 spiro atoms. The van der Waals surface area contributed by atoms with E-state index in [1.807, 2.05) is 31.3 Å². The number of benzene rings is 1. The molecular formula is C13H15N3O2. The van der Waals surface area contributed by atoms with Crippen LogP contribution in [0.1, 0.15) is 22.5 Å². The molecule has 0 saturated heterocycles. The van der Waals surface area contributed by atoms with E-state index in [0.717, 1.165) is 24.0 Å². The number of aromatic nitrogens is 2. The van der Waals surface area contributed by atoms with E-state index in [1.54, 1.807) is 0 Å². The highest BCUT2D eigenvalue weighted by atomic mass is 16.4. The molecule has 0 aliphatic carbocycles. The first-order chi connectivity index (χ1) is 8.72. The first-order valence-corrected chi connectivity index (χ1v) is 5.75. The number of carbonyl (C=O) groups is 1. The van der Waals surface area contributed by atoms with Gasteiger partial charge in [-0.1, -0.05) is 18.2 Å². The monoisotopic (exact) mass is 245 g/mol. The van der Waals surface area contributed by atoms with E-state index in [1.165, 1.54) is 0 Å². The van der Waals surface area contributed by atoms with Crippen LogP contribution in [0.15, 0.2) is 24.3 Å². The lowest BCUT2D eigenvalue weighted by Gasteiger charge is -1.96. The maximum atomic E-state index is 11.0. The van der Waals surface area contributed by atoms with E-state index in [9.17, 15) is 4.79 Å².